The van der Waals surface area contributed by atoms with E-state index >= 15 is 0 Å². The number of hydrogen-bond donors (Lipinski definition) is 1. The second-order valence-electron chi connectivity index (χ2n) is 5.76. The third-order valence-electron chi connectivity index (χ3n) is 3.75. The summed E-state index contributed by atoms with van der Waals surface area (Å²) in [6.07, 6.45) is -0.202. The van der Waals surface area contributed by atoms with E-state index in [2.05, 4.69) is 0 Å². The van der Waals surface area contributed by atoms with Crippen LogP contribution in [0.3, 0.4) is 0 Å². The first-order chi connectivity index (χ1) is 9.85. The molecule has 1 heterocycles. The standard InChI is InChI=1S/C16H21FO4/c1-4-20-15(18)9-16(19)8-14(10(2)3)21-13-6-5-11(17)7-12(13)16/h5-7,10,14,19H,4,8-9H2,1-3H3/t14-,16+/m0/s1. The van der Waals surface area contributed by atoms with Gasteiger partial charge in [0.15, 0.2) is 0 Å². The van der Waals surface area contributed by atoms with Crippen LogP contribution < -0.4 is 4.74 Å². The average molecular weight is 296 g/mol. The Morgan fingerprint density at radius 1 is 1.57 bits per heavy atom. The molecular formula is C16H21FO4. The summed E-state index contributed by atoms with van der Waals surface area (Å²) in [4.78, 5) is 11.8. The first kappa shape index (κ1) is 15.8. The second kappa shape index (κ2) is 6.02. The van der Waals surface area contributed by atoms with Crippen molar-refractivity contribution in [2.75, 3.05) is 6.61 Å². The molecular weight excluding hydrogens is 275 g/mol. The van der Waals surface area contributed by atoms with Crippen molar-refractivity contribution >= 4 is 5.97 Å². The monoisotopic (exact) mass is 296 g/mol. The minimum absolute atomic E-state index is 0.164. The molecule has 0 saturated carbocycles. The van der Waals surface area contributed by atoms with Gasteiger partial charge in [0.25, 0.3) is 0 Å². The summed E-state index contributed by atoms with van der Waals surface area (Å²) in [5.41, 5.74) is -1.15. The average Bonchev–Trinajstić information content (AvgIpc) is 2.39. The molecule has 0 amide bonds. The summed E-state index contributed by atoms with van der Waals surface area (Å²) < 4.78 is 24.2. The molecule has 1 aliphatic heterocycles. The number of ether oxygens (including phenoxy) is 2. The highest BCUT2D eigenvalue weighted by Crippen LogP contribution is 2.43. The van der Waals surface area contributed by atoms with Gasteiger partial charge in [-0.3, -0.25) is 4.79 Å². The molecule has 0 saturated heterocycles. The fraction of sp³-hybridized carbons (Fsp3) is 0.562. The minimum atomic E-state index is -1.46. The summed E-state index contributed by atoms with van der Waals surface area (Å²) in [6, 6.07) is 4.01. The van der Waals surface area contributed by atoms with Crippen LogP contribution in [0.4, 0.5) is 4.39 Å². The number of halogens is 1. The maximum Gasteiger partial charge on any atom is 0.309 e. The molecule has 1 aromatic carbocycles. The van der Waals surface area contributed by atoms with Gasteiger partial charge in [0, 0.05) is 12.0 Å². The molecule has 1 N–H and O–H groups in total. The van der Waals surface area contributed by atoms with Crippen molar-refractivity contribution in [3.8, 4) is 5.75 Å². The Bertz CT molecular complexity index is 529. The van der Waals surface area contributed by atoms with E-state index in [9.17, 15) is 14.3 Å². The normalized spacial score (nSPS) is 24.4. The Labute approximate surface area is 123 Å². The summed E-state index contributed by atoms with van der Waals surface area (Å²) in [7, 11) is 0. The van der Waals surface area contributed by atoms with Gasteiger partial charge in [-0.05, 0) is 31.0 Å². The Kier molecular flexibility index (Phi) is 4.52. The van der Waals surface area contributed by atoms with E-state index in [-0.39, 0.29) is 31.5 Å². The maximum atomic E-state index is 13.5. The molecule has 0 aromatic heterocycles. The Morgan fingerprint density at radius 3 is 2.90 bits per heavy atom. The number of rotatable bonds is 4. The molecule has 2 atom stereocenters. The van der Waals surface area contributed by atoms with Crippen molar-refractivity contribution in [3.05, 3.63) is 29.6 Å². The van der Waals surface area contributed by atoms with E-state index in [0.717, 1.165) is 0 Å². The van der Waals surface area contributed by atoms with Crippen molar-refractivity contribution in [3.63, 3.8) is 0 Å². The van der Waals surface area contributed by atoms with Gasteiger partial charge < -0.3 is 14.6 Å². The number of carbonyl (C=O) groups is 1. The van der Waals surface area contributed by atoms with Gasteiger partial charge in [-0.15, -0.1) is 0 Å². The van der Waals surface area contributed by atoms with Crippen LogP contribution >= 0.6 is 0 Å². The number of hydrogen-bond acceptors (Lipinski definition) is 4. The topological polar surface area (TPSA) is 55.8 Å². The smallest absolute Gasteiger partial charge is 0.309 e. The molecule has 4 nitrogen and oxygen atoms in total. The fourth-order valence-electron chi connectivity index (χ4n) is 2.61. The van der Waals surface area contributed by atoms with Crippen LogP contribution in [0.15, 0.2) is 18.2 Å². The van der Waals surface area contributed by atoms with Crippen LogP contribution in [0.5, 0.6) is 5.75 Å². The molecule has 1 aliphatic rings. The second-order valence-corrected chi connectivity index (χ2v) is 5.76. The van der Waals surface area contributed by atoms with Crippen molar-refractivity contribution in [1.82, 2.24) is 0 Å². The zero-order valence-electron chi connectivity index (χ0n) is 12.6. The van der Waals surface area contributed by atoms with Crippen LogP contribution in [0.25, 0.3) is 0 Å². The number of benzene rings is 1. The molecule has 0 aliphatic carbocycles. The summed E-state index contributed by atoms with van der Waals surface area (Å²) in [5.74, 6) is -0.382. The molecule has 21 heavy (non-hydrogen) atoms. The third kappa shape index (κ3) is 3.35. The quantitative estimate of drug-likeness (QED) is 0.868. The SMILES string of the molecule is CCOC(=O)C[C@]1(O)C[C@@H](C(C)C)Oc2ccc(F)cc21. The van der Waals surface area contributed by atoms with E-state index in [1.54, 1.807) is 6.92 Å². The molecule has 2 rings (SSSR count). The summed E-state index contributed by atoms with van der Waals surface area (Å²) >= 11 is 0. The van der Waals surface area contributed by atoms with Gasteiger partial charge in [-0.1, -0.05) is 13.8 Å². The van der Waals surface area contributed by atoms with E-state index in [4.69, 9.17) is 9.47 Å². The van der Waals surface area contributed by atoms with E-state index in [1.165, 1.54) is 18.2 Å². The van der Waals surface area contributed by atoms with Gasteiger partial charge in [0.1, 0.15) is 23.3 Å². The Balaban J connectivity index is 2.38. The molecule has 0 spiro atoms. The first-order valence-electron chi connectivity index (χ1n) is 7.20. The maximum absolute atomic E-state index is 13.5. The first-order valence-corrected chi connectivity index (χ1v) is 7.20. The Hall–Kier alpha value is -1.62. The number of esters is 1. The largest absolute Gasteiger partial charge is 0.490 e. The van der Waals surface area contributed by atoms with E-state index < -0.39 is 17.4 Å². The van der Waals surface area contributed by atoms with E-state index in [0.29, 0.717) is 11.3 Å². The van der Waals surface area contributed by atoms with Gasteiger partial charge in [-0.2, -0.15) is 0 Å². The molecule has 0 radical (unpaired) electrons. The highest BCUT2D eigenvalue weighted by molar-refractivity contribution is 5.71. The number of fused-ring (bicyclic) bond motifs is 1. The van der Waals surface area contributed by atoms with Gasteiger partial charge >= 0.3 is 5.97 Å². The zero-order chi connectivity index (χ0) is 15.6. The predicted octanol–water partition coefficient (Wildman–Crippen LogP) is 2.77. The molecule has 0 fully saturated rings. The summed E-state index contributed by atoms with van der Waals surface area (Å²) in [5, 5.41) is 10.9. The Morgan fingerprint density at radius 2 is 2.29 bits per heavy atom. The molecule has 116 valence electrons. The lowest BCUT2D eigenvalue weighted by molar-refractivity contribution is -0.151. The zero-order valence-corrected chi connectivity index (χ0v) is 12.6. The number of carbonyl (C=O) groups excluding carboxylic acids is 1. The minimum Gasteiger partial charge on any atom is -0.490 e. The van der Waals surface area contributed by atoms with Gasteiger partial charge in [-0.25, -0.2) is 4.39 Å². The van der Waals surface area contributed by atoms with Crippen LogP contribution in [0.2, 0.25) is 0 Å². The van der Waals surface area contributed by atoms with Crippen LogP contribution in [-0.4, -0.2) is 23.8 Å². The van der Waals surface area contributed by atoms with Crippen LogP contribution in [0.1, 0.15) is 39.2 Å². The van der Waals surface area contributed by atoms with E-state index in [1.807, 2.05) is 13.8 Å². The third-order valence-corrected chi connectivity index (χ3v) is 3.75. The van der Waals surface area contributed by atoms with Crippen molar-refractivity contribution < 1.29 is 23.8 Å². The molecule has 0 bridgehead atoms. The lowest BCUT2D eigenvalue weighted by Crippen LogP contribution is -2.42. The number of aliphatic hydroxyl groups is 1. The van der Waals surface area contributed by atoms with Gasteiger partial charge in [0.2, 0.25) is 0 Å². The highest BCUT2D eigenvalue weighted by atomic mass is 19.1. The van der Waals surface area contributed by atoms with Gasteiger partial charge in [0.05, 0.1) is 13.0 Å². The fourth-order valence-corrected chi connectivity index (χ4v) is 2.61. The highest BCUT2D eigenvalue weighted by Gasteiger charge is 2.43. The van der Waals surface area contributed by atoms with Crippen molar-refractivity contribution in [2.45, 2.75) is 45.3 Å². The lowest BCUT2D eigenvalue weighted by Gasteiger charge is -2.39. The summed E-state index contributed by atoms with van der Waals surface area (Å²) in [6.45, 7) is 5.90. The molecule has 0 unspecified atom stereocenters. The molecule has 5 heteroatoms. The predicted molar refractivity (Wildman–Crippen MR) is 75.4 cm³/mol. The van der Waals surface area contributed by atoms with Crippen LogP contribution in [0, 0.1) is 11.7 Å². The van der Waals surface area contributed by atoms with Crippen molar-refractivity contribution in [1.29, 1.82) is 0 Å². The lowest BCUT2D eigenvalue weighted by atomic mass is 9.80. The van der Waals surface area contributed by atoms with Crippen LogP contribution in [-0.2, 0) is 15.1 Å². The molecule has 1 aromatic rings. The van der Waals surface area contributed by atoms with Crippen molar-refractivity contribution in [2.24, 2.45) is 5.92 Å².